The van der Waals surface area contributed by atoms with Crippen molar-refractivity contribution in [2.75, 3.05) is 20.1 Å². The van der Waals surface area contributed by atoms with Gasteiger partial charge in [0, 0.05) is 24.2 Å². The van der Waals surface area contributed by atoms with Crippen LogP contribution in [0, 0.1) is 5.92 Å². The Balaban J connectivity index is 1.74. The third-order valence-corrected chi connectivity index (χ3v) is 5.21. The van der Waals surface area contributed by atoms with E-state index in [-0.39, 0.29) is 0 Å². The number of nitrogens with one attached hydrogen (secondary N) is 1. The van der Waals surface area contributed by atoms with Crippen molar-refractivity contribution < 1.29 is 0 Å². The molecule has 0 aromatic heterocycles. The van der Waals surface area contributed by atoms with Gasteiger partial charge in [-0.15, -0.1) is 0 Å². The van der Waals surface area contributed by atoms with Crippen LogP contribution in [-0.2, 0) is 0 Å². The molecule has 1 unspecified atom stereocenters. The lowest BCUT2D eigenvalue weighted by atomic mass is 9.84. The minimum Gasteiger partial charge on any atom is -0.308 e. The number of nitrogens with zero attached hydrogens (tertiary/aromatic N) is 1. The summed E-state index contributed by atoms with van der Waals surface area (Å²) in [5, 5.41) is 3.88. The molecule has 0 bridgehead atoms. The Morgan fingerprint density at radius 2 is 1.87 bits per heavy atom. The maximum absolute atomic E-state index is 3.88. The van der Waals surface area contributed by atoms with Gasteiger partial charge in [-0.1, -0.05) is 12.8 Å². The first-order valence-electron chi connectivity index (χ1n) is 6.61. The van der Waals surface area contributed by atoms with Crippen LogP contribution in [0.2, 0.25) is 0 Å². The average molecular weight is 208 g/mol. The van der Waals surface area contributed by atoms with Gasteiger partial charge in [-0.25, -0.2) is 0 Å². The van der Waals surface area contributed by atoms with Gasteiger partial charge in [0.25, 0.3) is 0 Å². The molecule has 3 aliphatic rings. The molecule has 0 radical (unpaired) electrons. The second-order valence-electron chi connectivity index (χ2n) is 6.33. The molecule has 2 aliphatic carbocycles. The Bertz CT molecular complexity index is 253. The van der Waals surface area contributed by atoms with Crippen LogP contribution in [0.4, 0.5) is 0 Å². The second kappa shape index (κ2) is 3.21. The SMILES string of the molecule is CN1CC(C)(C2CC2)NCC12CCCC2. The van der Waals surface area contributed by atoms with Gasteiger partial charge in [0.05, 0.1) is 0 Å². The van der Waals surface area contributed by atoms with Crippen LogP contribution in [0.5, 0.6) is 0 Å². The van der Waals surface area contributed by atoms with Gasteiger partial charge in [0.15, 0.2) is 0 Å². The Labute approximate surface area is 93.4 Å². The summed E-state index contributed by atoms with van der Waals surface area (Å²) in [6, 6.07) is 0. The highest BCUT2D eigenvalue weighted by molar-refractivity contribution is 5.09. The smallest absolute Gasteiger partial charge is 0.0331 e. The molecule has 86 valence electrons. The van der Waals surface area contributed by atoms with Crippen molar-refractivity contribution in [2.45, 2.75) is 56.5 Å². The minimum atomic E-state index is 0.419. The fourth-order valence-electron chi connectivity index (χ4n) is 3.80. The van der Waals surface area contributed by atoms with E-state index in [0.29, 0.717) is 11.1 Å². The van der Waals surface area contributed by atoms with E-state index in [1.54, 1.807) is 0 Å². The minimum absolute atomic E-state index is 0.419. The highest BCUT2D eigenvalue weighted by atomic mass is 15.3. The van der Waals surface area contributed by atoms with Gasteiger partial charge in [-0.05, 0) is 45.6 Å². The van der Waals surface area contributed by atoms with Crippen molar-refractivity contribution in [2.24, 2.45) is 5.92 Å². The monoisotopic (exact) mass is 208 g/mol. The topological polar surface area (TPSA) is 15.3 Å². The molecule has 2 nitrogen and oxygen atoms in total. The Kier molecular flexibility index (Phi) is 2.16. The normalized spacial score (nSPS) is 41.2. The van der Waals surface area contributed by atoms with Crippen LogP contribution in [0.15, 0.2) is 0 Å². The fourth-order valence-corrected chi connectivity index (χ4v) is 3.80. The summed E-state index contributed by atoms with van der Waals surface area (Å²) in [5.74, 6) is 0.957. The molecule has 2 heteroatoms. The lowest BCUT2D eigenvalue weighted by molar-refractivity contribution is 0.0272. The first kappa shape index (κ1) is 10.1. The first-order valence-corrected chi connectivity index (χ1v) is 6.61. The summed E-state index contributed by atoms with van der Waals surface area (Å²) < 4.78 is 0. The summed E-state index contributed by atoms with van der Waals surface area (Å²) >= 11 is 0. The fraction of sp³-hybridized carbons (Fsp3) is 1.00. The van der Waals surface area contributed by atoms with E-state index in [2.05, 4.69) is 24.2 Å². The van der Waals surface area contributed by atoms with Gasteiger partial charge >= 0.3 is 0 Å². The highest BCUT2D eigenvalue weighted by Gasteiger charge is 2.50. The standard InChI is InChI=1S/C13H24N2/c1-12(11-5-6-11)10-15(2)13(9-14-12)7-3-4-8-13/h11,14H,3-10H2,1-2H3. The second-order valence-corrected chi connectivity index (χ2v) is 6.33. The first-order chi connectivity index (χ1) is 7.15. The molecular weight excluding hydrogens is 184 g/mol. The summed E-state index contributed by atoms with van der Waals surface area (Å²) in [6.07, 6.45) is 8.60. The Hall–Kier alpha value is -0.0800. The molecule has 0 amide bonds. The van der Waals surface area contributed by atoms with Crippen molar-refractivity contribution in [1.82, 2.24) is 10.2 Å². The van der Waals surface area contributed by atoms with Crippen molar-refractivity contribution in [1.29, 1.82) is 0 Å². The van der Waals surface area contributed by atoms with Crippen LogP contribution in [0.1, 0.15) is 45.4 Å². The quantitative estimate of drug-likeness (QED) is 0.709. The van der Waals surface area contributed by atoms with E-state index in [1.165, 1.54) is 51.6 Å². The third kappa shape index (κ3) is 1.53. The van der Waals surface area contributed by atoms with Crippen molar-refractivity contribution in [3.63, 3.8) is 0 Å². The number of rotatable bonds is 1. The summed E-state index contributed by atoms with van der Waals surface area (Å²) in [7, 11) is 2.35. The van der Waals surface area contributed by atoms with Gasteiger partial charge < -0.3 is 5.32 Å². The van der Waals surface area contributed by atoms with Crippen molar-refractivity contribution in [3.8, 4) is 0 Å². The van der Waals surface area contributed by atoms with Crippen molar-refractivity contribution in [3.05, 3.63) is 0 Å². The summed E-state index contributed by atoms with van der Waals surface area (Å²) in [5.41, 5.74) is 0.941. The zero-order valence-electron chi connectivity index (χ0n) is 10.2. The number of hydrogen-bond acceptors (Lipinski definition) is 2. The van der Waals surface area contributed by atoms with E-state index < -0.39 is 0 Å². The summed E-state index contributed by atoms with van der Waals surface area (Å²) in [6.45, 7) is 4.93. The Morgan fingerprint density at radius 3 is 2.40 bits per heavy atom. The lowest BCUT2D eigenvalue weighted by Crippen LogP contribution is -2.68. The maximum Gasteiger partial charge on any atom is 0.0331 e. The Morgan fingerprint density at radius 1 is 1.20 bits per heavy atom. The molecule has 2 saturated carbocycles. The van der Waals surface area contributed by atoms with Crippen molar-refractivity contribution >= 4 is 0 Å². The summed E-state index contributed by atoms with van der Waals surface area (Å²) in [4.78, 5) is 2.68. The zero-order chi connectivity index (χ0) is 10.5. The predicted molar refractivity (Wildman–Crippen MR) is 63.0 cm³/mol. The van der Waals surface area contributed by atoms with Gasteiger partial charge in [-0.3, -0.25) is 4.90 Å². The molecular formula is C13H24N2. The van der Waals surface area contributed by atoms with Crippen LogP contribution in [0.3, 0.4) is 0 Å². The molecule has 0 aromatic rings. The maximum atomic E-state index is 3.88. The third-order valence-electron chi connectivity index (χ3n) is 5.21. The molecule has 1 spiro atoms. The van der Waals surface area contributed by atoms with Gasteiger partial charge in [-0.2, -0.15) is 0 Å². The molecule has 1 atom stereocenters. The molecule has 0 aromatic carbocycles. The van der Waals surface area contributed by atoms with Gasteiger partial charge in [0.1, 0.15) is 0 Å². The van der Waals surface area contributed by atoms with E-state index in [4.69, 9.17) is 0 Å². The van der Waals surface area contributed by atoms with Crippen LogP contribution in [0.25, 0.3) is 0 Å². The molecule has 1 aliphatic heterocycles. The highest BCUT2D eigenvalue weighted by Crippen LogP contribution is 2.45. The van der Waals surface area contributed by atoms with E-state index in [9.17, 15) is 0 Å². The van der Waals surface area contributed by atoms with E-state index in [1.807, 2.05) is 0 Å². The number of piperazine rings is 1. The number of likely N-dealkylation sites (N-methyl/N-ethyl adjacent to an activating group) is 1. The van der Waals surface area contributed by atoms with E-state index >= 15 is 0 Å². The van der Waals surface area contributed by atoms with Gasteiger partial charge in [0.2, 0.25) is 0 Å². The van der Waals surface area contributed by atoms with Crippen LogP contribution >= 0.6 is 0 Å². The predicted octanol–water partition coefficient (Wildman–Crippen LogP) is 2.00. The van der Waals surface area contributed by atoms with E-state index in [0.717, 1.165) is 5.92 Å². The van der Waals surface area contributed by atoms with Crippen LogP contribution in [-0.4, -0.2) is 36.1 Å². The molecule has 15 heavy (non-hydrogen) atoms. The zero-order valence-corrected chi connectivity index (χ0v) is 10.2. The molecule has 1 saturated heterocycles. The molecule has 3 fully saturated rings. The molecule has 3 rings (SSSR count). The molecule has 1 N–H and O–H groups in total. The number of hydrogen-bond donors (Lipinski definition) is 1. The average Bonchev–Trinajstić information content (AvgIpc) is 2.95. The molecule has 1 heterocycles. The largest absolute Gasteiger partial charge is 0.308 e. The lowest BCUT2D eigenvalue weighted by Gasteiger charge is -2.51. The van der Waals surface area contributed by atoms with Crippen LogP contribution < -0.4 is 5.32 Å².